The summed E-state index contributed by atoms with van der Waals surface area (Å²) in [6.07, 6.45) is 6.22. The third-order valence-corrected chi connectivity index (χ3v) is 7.06. The van der Waals surface area contributed by atoms with Crippen LogP contribution in [0.1, 0.15) is 41.5 Å². The lowest BCUT2D eigenvalue weighted by Crippen LogP contribution is -2.37. The first-order valence-electron chi connectivity index (χ1n) is 10.9. The summed E-state index contributed by atoms with van der Waals surface area (Å²) in [5, 5.41) is 4.43. The summed E-state index contributed by atoms with van der Waals surface area (Å²) in [4.78, 5) is 7.09. The van der Waals surface area contributed by atoms with Crippen molar-refractivity contribution in [3.63, 3.8) is 0 Å². The Morgan fingerprint density at radius 1 is 0.710 bits per heavy atom. The zero-order chi connectivity index (χ0) is 21.3. The van der Waals surface area contributed by atoms with Crippen LogP contribution in [0.5, 0.6) is 0 Å². The second-order valence-electron chi connectivity index (χ2n) is 8.63. The van der Waals surface area contributed by atoms with Gasteiger partial charge in [-0.25, -0.2) is 4.85 Å². The predicted octanol–water partition coefficient (Wildman–Crippen LogP) is 7.04. The minimum absolute atomic E-state index is 0.0481. The molecule has 2 aliphatic carbocycles. The molecule has 0 heterocycles. The molecule has 3 aromatic rings. The molecule has 0 unspecified atom stereocenters. The van der Waals surface area contributed by atoms with Gasteiger partial charge in [0.2, 0.25) is 0 Å². The molecule has 0 aliphatic heterocycles. The van der Waals surface area contributed by atoms with E-state index >= 15 is 0 Å². The van der Waals surface area contributed by atoms with Crippen LogP contribution in [0.2, 0.25) is 0 Å². The van der Waals surface area contributed by atoms with Gasteiger partial charge in [0.1, 0.15) is 5.71 Å². The zero-order valence-electron chi connectivity index (χ0n) is 17.4. The Bertz CT molecular complexity index is 1240. The van der Waals surface area contributed by atoms with Gasteiger partial charge in [0.25, 0.3) is 0 Å². The monoisotopic (exact) mass is 401 g/mol. The normalized spacial score (nSPS) is 17.8. The number of fused-ring (bicyclic) bond motifs is 2. The molecule has 2 aliphatic rings. The lowest BCUT2D eigenvalue weighted by atomic mass is 9.65. The van der Waals surface area contributed by atoms with E-state index in [4.69, 9.17) is 13.1 Å². The van der Waals surface area contributed by atoms with E-state index in [2.05, 4.69) is 57.4 Å². The molecule has 0 fully saturated rings. The number of hydrogen-bond donors (Lipinski definition) is 0. The first-order valence-corrected chi connectivity index (χ1v) is 10.9. The molecule has 150 valence electrons. The lowest BCUT2D eigenvalue weighted by molar-refractivity contribution is 0.331. The summed E-state index contributed by atoms with van der Waals surface area (Å²) in [6.45, 7) is 14.9. The van der Waals surface area contributed by atoms with Crippen LogP contribution in [0, 0.1) is 18.6 Å². The third kappa shape index (κ3) is 3.43. The highest BCUT2D eigenvalue weighted by Crippen LogP contribution is 2.46. The summed E-state index contributed by atoms with van der Waals surface area (Å²) in [7, 11) is 0. The molecule has 5 rings (SSSR count). The van der Waals surface area contributed by atoms with E-state index < -0.39 is 0 Å². The van der Waals surface area contributed by atoms with Gasteiger partial charge in [0.05, 0.1) is 11.7 Å². The van der Waals surface area contributed by atoms with Gasteiger partial charge in [-0.1, -0.05) is 54.6 Å². The summed E-state index contributed by atoms with van der Waals surface area (Å²) in [6, 6.07) is 23.0. The predicted molar refractivity (Wildman–Crippen MR) is 125 cm³/mol. The van der Waals surface area contributed by atoms with Crippen LogP contribution in [0.4, 0.5) is 5.69 Å². The van der Waals surface area contributed by atoms with Gasteiger partial charge in [0, 0.05) is 11.0 Å². The Labute approximate surface area is 183 Å². The van der Waals surface area contributed by atoms with Crippen LogP contribution in [-0.4, -0.2) is 5.71 Å². The van der Waals surface area contributed by atoms with Crippen molar-refractivity contribution in [3.8, 4) is 11.1 Å². The van der Waals surface area contributed by atoms with Crippen molar-refractivity contribution in [1.29, 1.82) is 0 Å². The fraction of sp³-hybridized carbons (Fsp3) is 0.250. The second kappa shape index (κ2) is 7.86. The van der Waals surface area contributed by atoms with Crippen molar-refractivity contribution >= 4 is 11.4 Å². The molecule has 0 saturated carbocycles. The van der Waals surface area contributed by atoms with Crippen molar-refractivity contribution in [3.05, 3.63) is 112 Å². The van der Waals surface area contributed by atoms with Gasteiger partial charge in [-0.15, -0.1) is 4.95 Å². The average molecular weight is 402 g/mol. The second-order valence-corrected chi connectivity index (χ2v) is 8.63. The van der Waals surface area contributed by atoms with Gasteiger partial charge >= 0.3 is 0 Å². The largest absolute Gasteiger partial charge is 0.238 e. The van der Waals surface area contributed by atoms with Gasteiger partial charge in [0.15, 0.2) is 5.69 Å². The fourth-order valence-corrected chi connectivity index (χ4v) is 5.34. The molecule has 3 aromatic carbocycles. The highest BCUT2D eigenvalue weighted by Gasteiger charge is 2.43. The molecule has 0 amide bonds. The summed E-state index contributed by atoms with van der Waals surface area (Å²) in [5.41, 5.74) is 8.96. The average Bonchev–Trinajstić information content (AvgIpc) is 3.01. The molecule has 1 spiro atoms. The van der Waals surface area contributed by atoms with E-state index in [0.29, 0.717) is 5.69 Å². The van der Waals surface area contributed by atoms with Crippen molar-refractivity contribution in [2.24, 2.45) is 10.5 Å². The van der Waals surface area contributed by atoms with Crippen LogP contribution in [0.15, 0.2) is 71.8 Å². The zero-order valence-corrected chi connectivity index (χ0v) is 17.4. The Morgan fingerprint density at radius 2 is 1.39 bits per heavy atom. The van der Waals surface area contributed by atoms with E-state index in [1.165, 1.54) is 16.7 Å². The van der Waals surface area contributed by atoms with Crippen molar-refractivity contribution in [1.82, 2.24) is 0 Å². The fourth-order valence-electron chi connectivity index (χ4n) is 5.34. The first-order chi connectivity index (χ1) is 15.2. The molecule has 31 heavy (non-hydrogen) atoms. The van der Waals surface area contributed by atoms with E-state index in [1.807, 2.05) is 24.3 Å². The number of aryl methyl sites for hydroxylation is 3. The van der Waals surface area contributed by atoms with Crippen LogP contribution in [-0.2, 0) is 19.3 Å². The first kappa shape index (κ1) is 19.3. The SMILES string of the molecule is [C-]#[N+]/N=C1\c2cc(-c3cccc([N+]#[C-])c3)ccc2CCC12CCc1ccccc1CC2. The molecule has 0 aromatic heterocycles. The minimum atomic E-state index is -0.0481. The highest BCUT2D eigenvalue weighted by molar-refractivity contribution is 6.08. The van der Waals surface area contributed by atoms with Crippen molar-refractivity contribution in [2.75, 3.05) is 0 Å². The van der Waals surface area contributed by atoms with Gasteiger partial charge in [-0.3, -0.25) is 0 Å². The van der Waals surface area contributed by atoms with E-state index in [9.17, 15) is 0 Å². The number of hydrogen-bond acceptors (Lipinski definition) is 1. The molecule has 3 nitrogen and oxygen atoms in total. The van der Waals surface area contributed by atoms with Gasteiger partial charge in [-0.2, -0.15) is 6.57 Å². The number of rotatable bonds is 1. The maximum Gasteiger partial charge on any atom is 0.187 e. The van der Waals surface area contributed by atoms with Gasteiger partial charge in [-0.05, 0) is 78.5 Å². The van der Waals surface area contributed by atoms with Crippen molar-refractivity contribution in [2.45, 2.75) is 38.5 Å². The Kier molecular flexibility index (Phi) is 4.89. The van der Waals surface area contributed by atoms with E-state index in [1.54, 1.807) is 0 Å². The Morgan fingerprint density at radius 3 is 2.06 bits per heavy atom. The molecular formula is C28H23N3. The highest BCUT2D eigenvalue weighted by atomic mass is 15.2. The molecule has 0 atom stereocenters. The van der Waals surface area contributed by atoms with E-state index in [-0.39, 0.29) is 5.41 Å². The standard InChI is InChI=1S/C28H23N3/c1-29-25-9-5-8-23(18-25)24-11-10-22-14-17-28(27(31-30-2)26(22)19-24)15-12-20-6-3-4-7-21(20)13-16-28/h3-11,18-19H,12-17H2/b31-27+. The smallest absolute Gasteiger partial charge is 0.187 e. The maximum atomic E-state index is 7.54. The maximum absolute atomic E-state index is 7.54. The molecule has 0 radical (unpaired) electrons. The summed E-state index contributed by atoms with van der Waals surface area (Å²) >= 11 is 0. The Hall–Kier alpha value is -3.69. The minimum Gasteiger partial charge on any atom is -0.238 e. The number of benzene rings is 3. The Balaban J connectivity index is 1.58. The lowest BCUT2D eigenvalue weighted by Gasteiger charge is -2.37. The van der Waals surface area contributed by atoms with Crippen LogP contribution in [0.3, 0.4) is 0 Å². The third-order valence-electron chi connectivity index (χ3n) is 7.06. The van der Waals surface area contributed by atoms with Crippen LogP contribution < -0.4 is 0 Å². The molecule has 0 saturated heterocycles. The molecule has 0 N–H and O–H groups in total. The summed E-state index contributed by atoms with van der Waals surface area (Å²) in [5.74, 6) is 0. The quantitative estimate of drug-likeness (QED) is 0.308. The number of nitrogens with zero attached hydrogens (tertiary/aromatic N) is 3. The van der Waals surface area contributed by atoms with Crippen LogP contribution >= 0.6 is 0 Å². The van der Waals surface area contributed by atoms with Crippen LogP contribution in [0.25, 0.3) is 20.9 Å². The van der Waals surface area contributed by atoms with E-state index in [0.717, 1.165) is 60.9 Å². The molecule has 3 heteroatoms. The summed E-state index contributed by atoms with van der Waals surface area (Å²) < 4.78 is 0. The molecular weight excluding hydrogens is 378 g/mol. The van der Waals surface area contributed by atoms with Crippen molar-refractivity contribution < 1.29 is 0 Å². The molecule has 0 bridgehead atoms. The van der Waals surface area contributed by atoms with Gasteiger partial charge < -0.3 is 0 Å². The topological polar surface area (TPSA) is 21.1 Å².